The summed E-state index contributed by atoms with van der Waals surface area (Å²) in [4.78, 5) is 12.2. The number of rotatable bonds is 2. The van der Waals surface area contributed by atoms with Crippen LogP contribution in [0.15, 0.2) is 42.6 Å². The van der Waals surface area contributed by atoms with Crippen LogP contribution >= 0.6 is 0 Å². The average molecular weight is 223 g/mol. The number of hydrogen-bond acceptors (Lipinski definition) is 2. The van der Waals surface area contributed by atoms with Crippen LogP contribution in [0, 0.1) is 0 Å². The summed E-state index contributed by atoms with van der Waals surface area (Å²) in [5, 5.41) is 0. The molecule has 3 heteroatoms. The monoisotopic (exact) mass is 223 g/mol. The lowest BCUT2D eigenvalue weighted by Crippen LogP contribution is -1.81. The van der Waals surface area contributed by atoms with Gasteiger partial charge in [-0.3, -0.25) is 4.98 Å². The first-order chi connectivity index (χ1) is 8.36. The number of pyridine rings is 1. The smallest absolute Gasteiger partial charge is 0.106 e. The van der Waals surface area contributed by atoms with Crippen molar-refractivity contribution in [3.8, 4) is 11.3 Å². The number of nitrogens with zero attached hydrogens (tertiary/aromatic N) is 2. The van der Waals surface area contributed by atoms with Gasteiger partial charge in [0, 0.05) is 18.2 Å². The van der Waals surface area contributed by atoms with E-state index in [2.05, 4.69) is 34.0 Å². The summed E-state index contributed by atoms with van der Waals surface area (Å²) in [6, 6.07) is 12.1. The number of imidazole rings is 1. The molecule has 0 saturated heterocycles. The third kappa shape index (κ3) is 1.80. The molecule has 0 saturated carbocycles. The Balaban J connectivity index is 2.13. The standard InChI is InChI=1S/C14H13N3/c1-2-14-16-12-7-6-10(9-13(12)17-14)11-5-3-4-8-15-11/h3-9H,2H2,1H3,(H,16,17). The number of H-pyrrole nitrogens is 1. The highest BCUT2D eigenvalue weighted by Gasteiger charge is 2.04. The summed E-state index contributed by atoms with van der Waals surface area (Å²) in [6.07, 6.45) is 2.73. The first-order valence-corrected chi connectivity index (χ1v) is 5.77. The largest absolute Gasteiger partial charge is 0.342 e. The Morgan fingerprint density at radius 2 is 2.12 bits per heavy atom. The third-order valence-electron chi connectivity index (χ3n) is 2.83. The zero-order chi connectivity index (χ0) is 11.7. The van der Waals surface area contributed by atoms with Crippen LogP contribution in [-0.4, -0.2) is 15.0 Å². The van der Waals surface area contributed by atoms with Crippen LogP contribution in [0.2, 0.25) is 0 Å². The van der Waals surface area contributed by atoms with E-state index >= 15 is 0 Å². The van der Waals surface area contributed by atoms with Gasteiger partial charge in [0.1, 0.15) is 5.82 Å². The summed E-state index contributed by atoms with van der Waals surface area (Å²) in [5.74, 6) is 1.03. The fourth-order valence-electron chi connectivity index (χ4n) is 1.92. The lowest BCUT2D eigenvalue weighted by atomic mass is 10.1. The molecule has 0 aliphatic carbocycles. The summed E-state index contributed by atoms with van der Waals surface area (Å²) in [5.41, 5.74) is 4.19. The van der Waals surface area contributed by atoms with Crippen molar-refractivity contribution in [2.24, 2.45) is 0 Å². The Bertz CT molecular complexity index is 641. The van der Waals surface area contributed by atoms with Crippen LogP contribution < -0.4 is 0 Å². The molecule has 1 aromatic carbocycles. The van der Waals surface area contributed by atoms with Crippen LogP contribution in [-0.2, 0) is 6.42 Å². The molecule has 17 heavy (non-hydrogen) atoms. The molecule has 3 rings (SSSR count). The summed E-state index contributed by atoms with van der Waals surface area (Å²) in [6.45, 7) is 2.09. The Kier molecular flexibility index (Phi) is 2.37. The van der Waals surface area contributed by atoms with Crippen molar-refractivity contribution in [2.75, 3.05) is 0 Å². The van der Waals surface area contributed by atoms with Gasteiger partial charge in [0.15, 0.2) is 0 Å². The Morgan fingerprint density at radius 3 is 2.88 bits per heavy atom. The minimum absolute atomic E-state index is 0.924. The molecule has 1 N–H and O–H groups in total. The van der Waals surface area contributed by atoms with E-state index < -0.39 is 0 Å². The lowest BCUT2D eigenvalue weighted by Gasteiger charge is -1.99. The molecule has 0 unspecified atom stereocenters. The van der Waals surface area contributed by atoms with Gasteiger partial charge in [-0.25, -0.2) is 4.98 Å². The Morgan fingerprint density at radius 1 is 1.18 bits per heavy atom. The maximum absolute atomic E-state index is 4.49. The highest BCUT2D eigenvalue weighted by Crippen LogP contribution is 2.21. The third-order valence-corrected chi connectivity index (χ3v) is 2.83. The summed E-state index contributed by atoms with van der Waals surface area (Å²) >= 11 is 0. The lowest BCUT2D eigenvalue weighted by molar-refractivity contribution is 1.00. The van der Waals surface area contributed by atoms with Crippen LogP contribution in [0.25, 0.3) is 22.3 Å². The van der Waals surface area contributed by atoms with Crippen molar-refractivity contribution in [3.05, 3.63) is 48.4 Å². The van der Waals surface area contributed by atoms with Gasteiger partial charge < -0.3 is 4.98 Å². The molecular formula is C14H13N3. The summed E-state index contributed by atoms with van der Waals surface area (Å²) < 4.78 is 0. The fraction of sp³-hybridized carbons (Fsp3) is 0.143. The predicted molar refractivity (Wildman–Crippen MR) is 68.7 cm³/mol. The van der Waals surface area contributed by atoms with Crippen molar-refractivity contribution >= 4 is 11.0 Å². The van der Waals surface area contributed by atoms with Crippen molar-refractivity contribution in [3.63, 3.8) is 0 Å². The number of nitrogens with one attached hydrogen (secondary N) is 1. The van der Waals surface area contributed by atoms with Crippen molar-refractivity contribution in [2.45, 2.75) is 13.3 Å². The molecular weight excluding hydrogens is 210 g/mol. The van der Waals surface area contributed by atoms with E-state index in [-0.39, 0.29) is 0 Å². The van der Waals surface area contributed by atoms with Crippen molar-refractivity contribution < 1.29 is 0 Å². The molecule has 0 spiro atoms. The Labute approximate surface area is 99.5 Å². The minimum atomic E-state index is 0.924. The SMILES string of the molecule is CCc1nc2ccc(-c3ccccn3)cc2[nH]1. The highest BCUT2D eigenvalue weighted by molar-refractivity contribution is 5.81. The molecule has 2 aromatic heterocycles. The molecule has 84 valence electrons. The van der Waals surface area contributed by atoms with E-state index in [1.165, 1.54) is 0 Å². The number of fused-ring (bicyclic) bond motifs is 1. The topological polar surface area (TPSA) is 41.6 Å². The maximum Gasteiger partial charge on any atom is 0.106 e. The summed E-state index contributed by atoms with van der Waals surface area (Å²) in [7, 11) is 0. The predicted octanol–water partition coefficient (Wildman–Crippen LogP) is 3.19. The fourth-order valence-corrected chi connectivity index (χ4v) is 1.92. The average Bonchev–Trinajstić information content (AvgIpc) is 2.81. The Hall–Kier alpha value is -2.16. The highest BCUT2D eigenvalue weighted by atomic mass is 14.9. The first kappa shape index (κ1) is 10.0. The maximum atomic E-state index is 4.49. The van der Waals surface area contributed by atoms with E-state index in [1.807, 2.05) is 30.5 Å². The molecule has 0 aliphatic heterocycles. The van der Waals surface area contributed by atoms with Gasteiger partial charge in [-0.05, 0) is 24.3 Å². The second-order valence-electron chi connectivity index (χ2n) is 3.98. The van der Waals surface area contributed by atoms with E-state index in [1.54, 1.807) is 0 Å². The molecule has 0 aliphatic rings. The van der Waals surface area contributed by atoms with Crippen LogP contribution in [0.5, 0.6) is 0 Å². The number of benzene rings is 1. The zero-order valence-corrected chi connectivity index (χ0v) is 9.64. The number of aromatic amines is 1. The second kappa shape index (κ2) is 4.01. The molecule has 0 bridgehead atoms. The normalized spacial score (nSPS) is 10.9. The van der Waals surface area contributed by atoms with Crippen LogP contribution in [0.1, 0.15) is 12.7 Å². The first-order valence-electron chi connectivity index (χ1n) is 5.77. The minimum Gasteiger partial charge on any atom is -0.342 e. The number of aromatic nitrogens is 3. The van der Waals surface area contributed by atoms with Gasteiger partial charge in [0.25, 0.3) is 0 Å². The van der Waals surface area contributed by atoms with Gasteiger partial charge >= 0.3 is 0 Å². The molecule has 2 heterocycles. The molecule has 0 fully saturated rings. The van der Waals surface area contributed by atoms with Crippen LogP contribution in [0.3, 0.4) is 0 Å². The quantitative estimate of drug-likeness (QED) is 0.725. The molecule has 0 amide bonds. The number of hydrogen-bond donors (Lipinski definition) is 1. The van der Waals surface area contributed by atoms with Gasteiger partial charge in [-0.2, -0.15) is 0 Å². The second-order valence-corrected chi connectivity index (χ2v) is 3.98. The van der Waals surface area contributed by atoms with E-state index in [4.69, 9.17) is 0 Å². The van der Waals surface area contributed by atoms with Crippen LogP contribution in [0.4, 0.5) is 0 Å². The van der Waals surface area contributed by atoms with Gasteiger partial charge in [-0.1, -0.05) is 19.1 Å². The molecule has 0 radical (unpaired) electrons. The van der Waals surface area contributed by atoms with Crippen molar-refractivity contribution in [1.29, 1.82) is 0 Å². The molecule has 0 atom stereocenters. The number of aryl methyl sites for hydroxylation is 1. The van der Waals surface area contributed by atoms with E-state index in [0.717, 1.165) is 34.5 Å². The molecule has 3 nitrogen and oxygen atoms in total. The van der Waals surface area contributed by atoms with E-state index in [9.17, 15) is 0 Å². The molecule has 3 aromatic rings. The van der Waals surface area contributed by atoms with Gasteiger partial charge in [0.05, 0.1) is 16.7 Å². The van der Waals surface area contributed by atoms with Gasteiger partial charge in [0.2, 0.25) is 0 Å². The van der Waals surface area contributed by atoms with E-state index in [0.29, 0.717) is 0 Å². The zero-order valence-electron chi connectivity index (χ0n) is 9.64. The van der Waals surface area contributed by atoms with Crippen molar-refractivity contribution in [1.82, 2.24) is 15.0 Å². The van der Waals surface area contributed by atoms with Gasteiger partial charge in [-0.15, -0.1) is 0 Å².